The lowest BCUT2D eigenvalue weighted by atomic mass is 9.95. The van der Waals surface area contributed by atoms with Crippen molar-refractivity contribution in [3.05, 3.63) is 69.7 Å². The Balaban J connectivity index is 1.88. The topological polar surface area (TPSA) is 115 Å². The van der Waals surface area contributed by atoms with Gasteiger partial charge in [-0.2, -0.15) is 0 Å². The van der Waals surface area contributed by atoms with E-state index in [-0.39, 0.29) is 22.2 Å². The zero-order valence-corrected chi connectivity index (χ0v) is 25.4. The first-order valence-corrected chi connectivity index (χ1v) is 14.9. The van der Waals surface area contributed by atoms with Gasteiger partial charge in [-0.1, -0.05) is 37.7 Å². The molecule has 1 amide bonds. The van der Waals surface area contributed by atoms with Gasteiger partial charge in [0.25, 0.3) is 5.78 Å². The average Bonchev–Trinajstić information content (AvgIpc) is 3.49. The molecule has 222 valence electrons. The van der Waals surface area contributed by atoms with Crippen molar-refractivity contribution < 1.29 is 33.7 Å². The lowest BCUT2D eigenvalue weighted by Crippen LogP contribution is -2.29. The second-order valence-electron chi connectivity index (χ2n) is 9.85. The lowest BCUT2D eigenvalue weighted by Gasteiger charge is -2.24. The zero-order chi connectivity index (χ0) is 30.4. The third-order valence-corrected chi connectivity index (χ3v) is 7.95. The second-order valence-corrected chi connectivity index (χ2v) is 10.8. The summed E-state index contributed by atoms with van der Waals surface area (Å²) in [5.41, 5.74) is 1.23. The second kappa shape index (κ2) is 13.7. The van der Waals surface area contributed by atoms with E-state index < -0.39 is 17.7 Å². The number of ether oxygens (including phenoxy) is 3. The van der Waals surface area contributed by atoms with Crippen LogP contribution in [0.25, 0.3) is 5.76 Å². The molecule has 0 spiro atoms. The maximum atomic E-state index is 13.6. The first kappa shape index (κ1) is 30.8. The van der Waals surface area contributed by atoms with E-state index >= 15 is 0 Å². The van der Waals surface area contributed by atoms with Crippen LogP contribution in [-0.4, -0.2) is 47.4 Å². The van der Waals surface area contributed by atoms with Crippen LogP contribution in [0.5, 0.6) is 17.2 Å². The van der Waals surface area contributed by atoms with Crippen molar-refractivity contribution in [2.24, 2.45) is 0 Å². The van der Waals surface area contributed by atoms with Gasteiger partial charge in [-0.15, -0.1) is 0 Å². The molecule has 1 aliphatic rings. The number of thiazole rings is 1. The number of carbonyl (C=O) groups excluding carboxylic acids is 3. The summed E-state index contributed by atoms with van der Waals surface area (Å²) < 4.78 is 17.5. The number of nitrogens with zero attached hydrogens (tertiary/aromatic N) is 2. The van der Waals surface area contributed by atoms with Crippen LogP contribution in [0.2, 0.25) is 0 Å². The Morgan fingerprint density at radius 1 is 0.976 bits per heavy atom. The van der Waals surface area contributed by atoms with E-state index in [0.717, 1.165) is 30.6 Å². The molecule has 2 heterocycles. The molecule has 9 nitrogen and oxygen atoms in total. The number of carbonyl (C=O) groups is 3. The fourth-order valence-corrected chi connectivity index (χ4v) is 5.64. The van der Waals surface area contributed by atoms with E-state index in [1.807, 2.05) is 13.8 Å². The maximum absolute atomic E-state index is 13.6. The molecule has 1 saturated heterocycles. The van der Waals surface area contributed by atoms with Gasteiger partial charge < -0.3 is 19.3 Å². The Hall–Kier alpha value is -4.18. The third-order valence-electron chi connectivity index (χ3n) is 6.69. The van der Waals surface area contributed by atoms with Crippen LogP contribution in [0.15, 0.2) is 48.0 Å². The quantitative estimate of drug-likeness (QED) is 0.0772. The number of Topliss-reactive ketones (excluding diaryl/α,β-unsaturated/α-hetero) is 2. The highest BCUT2D eigenvalue weighted by Gasteiger charge is 2.48. The van der Waals surface area contributed by atoms with Crippen LogP contribution in [-0.2, 0) is 9.59 Å². The zero-order valence-electron chi connectivity index (χ0n) is 24.6. The molecular formula is C32H36N2O7S. The largest absolute Gasteiger partial charge is 0.507 e. The van der Waals surface area contributed by atoms with Crippen LogP contribution in [0, 0.1) is 6.92 Å². The van der Waals surface area contributed by atoms with Gasteiger partial charge in [0.2, 0.25) is 0 Å². The summed E-state index contributed by atoms with van der Waals surface area (Å²) in [7, 11) is 0. The molecule has 0 radical (unpaired) electrons. The lowest BCUT2D eigenvalue weighted by molar-refractivity contribution is -0.132. The Bertz CT molecular complexity index is 1490. The van der Waals surface area contributed by atoms with Crippen molar-refractivity contribution in [1.29, 1.82) is 0 Å². The highest BCUT2D eigenvalue weighted by atomic mass is 32.1. The molecule has 3 aromatic rings. The number of rotatable bonds is 13. The van der Waals surface area contributed by atoms with Gasteiger partial charge in [0.05, 0.1) is 42.0 Å². The first-order chi connectivity index (χ1) is 20.2. The number of aliphatic hydroxyl groups is 1. The number of hydrogen-bond acceptors (Lipinski definition) is 9. The van der Waals surface area contributed by atoms with Crippen molar-refractivity contribution in [3.8, 4) is 17.2 Å². The number of amides is 1. The van der Waals surface area contributed by atoms with Crippen molar-refractivity contribution >= 4 is 39.7 Å². The van der Waals surface area contributed by atoms with Crippen LogP contribution in [0.4, 0.5) is 5.13 Å². The first-order valence-electron chi connectivity index (χ1n) is 14.1. The fraction of sp³-hybridized carbons (Fsp3) is 0.375. The van der Waals surface area contributed by atoms with E-state index in [4.69, 9.17) is 14.2 Å². The predicted octanol–water partition coefficient (Wildman–Crippen LogP) is 6.65. The van der Waals surface area contributed by atoms with Crippen LogP contribution in [0.1, 0.15) is 79.5 Å². The monoisotopic (exact) mass is 592 g/mol. The molecule has 4 rings (SSSR count). The molecule has 0 saturated carbocycles. The molecule has 1 unspecified atom stereocenters. The predicted molar refractivity (Wildman–Crippen MR) is 162 cm³/mol. The minimum atomic E-state index is -1.03. The standard InChI is InChI=1S/C32H36N2O7S/c1-6-9-17-41-24-15-12-22(18-25(24)39-8-3)27-26(28(36)21-10-13-23(14-11-21)40-16-7-2)29(37)31(38)34(27)32-33-19(4)30(42-32)20(5)35/h10-15,18,27,36H,6-9,16-17H2,1-5H3/b28-26+. The number of hydrogen-bond donors (Lipinski definition) is 1. The minimum Gasteiger partial charge on any atom is -0.507 e. The van der Waals surface area contributed by atoms with Crippen LogP contribution >= 0.6 is 11.3 Å². The van der Waals surface area contributed by atoms with Crippen LogP contribution < -0.4 is 19.1 Å². The van der Waals surface area contributed by atoms with Crippen molar-refractivity contribution in [1.82, 2.24) is 4.98 Å². The molecule has 1 N–H and O–H groups in total. The molecule has 0 bridgehead atoms. The average molecular weight is 593 g/mol. The maximum Gasteiger partial charge on any atom is 0.301 e. The third kappa shape index (κ3) is 6.33. The fourth-order valence-electron chi connectivity index (χ4n) is 4.65. The molecule has 10 heteroatoms. The number of anilines is 1. The number of benzene rings is 2. The summed E-state index contributed by atoms with van der Waals surface area (Å²) >= 11 is 1.03. The number of unbranched alkanes of at least 4 members (excludes halogenated alkanes) is 1. The molecule has 42 heavy (non-hydrogen) atoms. The van der Waals surface area contributed by atoms with Gasteiger partial charge in [-0.25, -0.2) is 4.98 Å². The summed E-state index contributed by atoms with van der Waals surface area (Å²) in [6.45, 7) is 10.5. The number of aryl methyl sites for hydroxylation is 1. The van der Waals surface area contributed by atoms with E-state index in [9.17, 15) is 19.5 Å². The summed E-state index contributed by atoms with van der Waals surface area (Å²) in [5, 5.41) is 11.7. The highest BCUT2D eigenvalue weighted by Crippen LogP contribution is 2.45. The highest BCUT2D eigenvalue weighted by molar-refractivity contribution is 7.18. The summed E-state index contributed by atoms with van der Waals surface area (Å²) in [6, 6.07) is 10.9. The van der Waals surface area contributed by atoms with E-state index in [1.165, 1.54) is 11.8 Å². The van der Waals surface area contributed by atoms with Crippen molar-refractivity contribution in [3.63, 3.8) is 0 Å². The molecule has 1 aliphatic heterocycles. The summed E-state index contributed by atoms with van der Waals surface area (Å²) in [6.07, 6.45) is 2.69. The Labute approximate surface area is 249 Å². The van der Waals surface area contributed by atoms with Crippen molar-refractivity contribution in [2.75, 3.05) is 24.7 Å². The summed E-state index contributed by atoms with van der Waals surface area (Å²) in [5.74, 6) is -0.616. The SMILES string of the molecule is CCCCOc1ccc(C2/C(=C(\O)c3ccc(OCCC)cc3)C(=O)C(=O)N2c2nc(C)c(C(C)=O)s2)cc1OCC. The molecule has 1 aromatic heterocycles. The van der Waals surface area contributed by atoms with Gasteiger partial charge >= 0.3 is 5.91 Å². The number of ketones is 2. The van der Waals surface area contributed by atoms with Gasteiger partial charge in [0.15, 0.2) is 22.4 Å². The Morgan fingerprint density at radius 2 is 1.71 bits per heavy atom. The molecule has 0 aliphatic carbocycles. The van der Waals surface area contributed by atoms with Crippen molar-refractivity contribution in [2.45, 2.75) is 59.9 Å². The normalized spacial score (nSPS) is 16.1. The van der Waals surface area contributed by atoms with Crippen LogP contribution in [0.3, 0.4) is 0 Å². The Morgan fingerprint density at radius 3 is 2.33 bits per heavy atom. The molecular weight excluding hydrogens is 556 g/mol. The summed E-state index contributed by atoms with van der Waals surface area (Å²) in [4.78, 5) is 45.5. The van der Waals surface area contributed by atoms with E-state index in [0.29, 0.717) is 58.8 Å². The van der Waals surface area contributed by atoms with Gasteiger partial charge in [-0.3, -0.25) is 19.3 Å². The van der Waals surface area contributed by atoms with E-state index in [2.05, 4.69) is 11.9 Å². The van der Waals surface area contributed by atoms with Gasteiger partial charge in [-0.05, 0) is 68.7 Å². The van der Waals surface area contributed by atoms with Gasteiger partial charge in [0.1, 0.15) is 11.5 Å². The van der Waals surface area contributed by atoms with E-state index in [1.54, 1.807) is 49.4 Å². The molecule has 1 fully saturated rings. The minimum absolute atomic E-state index is 0.0958. The molecule has 1 atom stereocenters. The number of aromatic nitrogens is 1. The van der Waals surface area contributed by atoms with Gasteiger partial charge in [0, 0.05) is 12.5 Å². The number of aliphatic hydroxyl groups excluding tert-OH is 1. The molecule has 2 aromatic carbocycles. The Kier molecular flexibility index (Phi) is 10.0. The smallest absolute Gasteiger partial charge is 0.301 e.